The number of hydrogen-bond donors (Lipinski definition) is 2. The standard InChI is InChI=1S/C21H29N5/c1-22-21(25-16-20-9-5-6-12-23-20)24-15-19-11-14-26(17-19)13-10-18-7-3-2-4-8-18/h2-9,12,19H,10-11,13-17H2,1H3,(H2,22,24,25). The summed E-state index contributed by atoms with van der Waals surface area (Å²) in [5, 5.41) is 6.79. The van der Waals surface area contributed by atoms with Crippen molar-refractivity contribution in [2.75, 3.05) is 33.2 Å². The van der Waals surface area contributed by atoms with Gasteiger partial charge in [-0.2, -0.15) is 0 Å². The van der Waals surface area contributed by atoms with Crippen LogP contribution in [0.3, 0.4) is 0 Å². The van der Waals surface area contributed by atoms with Gasteiger partial charge in [-0.25, -0.2) is 0 Å². The van der Waals surface area contributed by atoms with Gasteiger partial charge in [-0.05, 0) is 43.0 Å². The highest BCUT2D eigenvalue weighted by atomic mass is 15.2. The van der Waals surface area contributed by atoms with Crippen molar-refractivity contribution in [3.63, 3.8) is 0 Å². The molecule has 1 unspecified atom stereocenters. The molecule has 2 N–H and O–H groups in total. The van der Waals surface area contributed by atoms with Crippen molar-refractivity contribution >= 4 is 5.96 Å². The average Bonchev–Trinajstić information content (AvgIpc) is 3.16. The van der Waals surface area contributed by atoms with Crippen LogP contribution in [0.25, 0.3) is 0 Å². The van der Waals surface area contributed by atoms with Crippen molar-refractivity contribution in [3.05, 3.63) is 66.0 Å². The lowest BCUT2D eigenvalue weighted by Gasteiger charge is -2.17. The van der Waals surface area contributed by atoms with Crippen LogP contribution in [0.1, 0.15) is 17.7 Å². The molecular weight excluding hydrogens is 322 g/mol. The van der Waals surface area contributed by atoms with E-state index in [1.807, 2.05) is 31.4 Å². The molecule has 138 valence electrons. The topological polar surface area (TPSA) is 52.6 Å². The van der Waals surface area contributed by atoms with Gasteiger partial charge in [0.05, 0.1) is 12.2 Å². The van der Waals surface area contributed by atoms with Crippen LogP contribution in [0.5, 0.6) is 0 Å². The van der Waals surface area contributed by atoms with Gasteiger partial charge in [-0.1, -0.05) is 36.4 Å². The summed E-state index contributed by atoms with van der Waals surface area (Å²) in [5.41, 5.74) is 2.44. The molecular formula is C21H29N5. The fourth-order valence-electron chi connectivity index (χ4n) is 3.35. The number of aliphatic imine (C=N–C) groups is 1. The van der Waals surface area contributed by atoms with Crippen LogP contribution < -0.4 is 10.6 Å². The van der Waals surface area contributed by atoms with Crippen molar-refractivity contribution < 1.29 is 0 Å². The number of rotatable bonds is 7. The Kier molecular flexibility index (Phi) is 7.02. The summed E-state index contributed by atoms with van der Waals surface area (Å²) in [4.78, 5) is 11.2. The molecule has 26 heavy (non-hydrogen) atoms. The zero-order valence-electron chi connectivity index (χ0n) is 15.6. The highest BCUT2D eigenvalue weighted by Crippen LogP contribution is 2.16. The lowest BCUT2D eigenvalue weighted by Crippen LogP contribution is -2.40. The van der Waals surface area contributed by atoms with E-state index in [0.29, 0.717) is 12.5 Å². The van der Waals surface area contributed by atoms with E-state index in [-0.39, 0.29) is 0 Å². The number of benzene rings is 1. The van der Waals surface area contributed by atoms with Gasteiger partial charge in [0.15, 0.2) is 5.96 Å². The van der Waals surface area contributed by atoms with Crippen LogP contribution in [-0.2, 0) is 13.0 Å². The molecule has 5 nitrogen and oxygen atoms in total. The van der Waals surface area contributed by atoms with Crippen molar-refractivity contribution in [3.8, 4) is 0 Å². The van der Waals surface area contributed by atoms with Crippen LogP contribution in [0, 0.1) is 5.92 Å². The fraction of sp³-hybridized carbons (Fsp3) is 0.429. The molecule has 2 aromatic rings. The van der Waals surface area contributed by atoms with Gasteiger partial charge in [0.25, 0.3) is 0 Å². The smallest absolute Gasteiger partial charge is 0.191 e. The summed E-state index contributed by atoms with van der Waals surface area (Å²) < 4.78 is 0. The van der Waals surface area contributed by atoms with E-state index in [1.54, 1.807) is 0 Å². The Morgan fingerprint density at radius 1 is 1.15 bits per heavy atom. The molecule has 1 aliphatic rings. The number of likely N-dealkylation sites (tertiary alicyclic amines) is 1. The molecule has 1 saturated heterocycles. The predicted molar refractivity (Wildman–Crippen MR) is 107 cm³/mol. The van der Waals surface area contributed by atoms with Gasteiger partial charge in [0, 0.05) is 32.9 Å². The maximum atomic E-state index is 4.33. The summed E-state index contributed by atoms with van der Waals surface area (Å²) in [6, 6.07) is 16.7. The summed E-state index contributed by atoms with van der Waals surface area (Å²) in [6.07, 6.45) is 4.20. The second kappa shape index (κ2) is 9.92. The van der Waals surface area contributed by atoms with Gasteiger partial charge >= 0.3 is 0 Å². The summed E-state index contributed by atoms with van der Waals surface area (Å²) in [7, 11) is 1.81. The van der Waals surface area contributed by atoms with E-state index in [1.165, 1.54) is 18.5 Å². The Bertz CT molecular complexity index is 671. The second-order valence-corrected chi connectivity index (χ2v) is 6.82. The minimum Gasteiger partial charge on any atom is -0.356 e. The Morgan fingerprint density at radius 3 is 2.77 bits per heavy atom. The minimum atomic E-state index is 0.680. The third-order valence-corrected chi connectivity index (χ3v) is 4.87. The Morgan fingerprint density at radius 2 is 2.00 bits per heavy atom. The normalized spacial score (nSPS) is 18.0. The third-order valence-electron chi connectivity index (χ3n) is 4.87. The van der Waals surface area contributed by atoms with E-state index >= 15 is 0 Å². The zero-order chi connectivity index (χ0) is 18.0. The number of guanidine groups is 1. The molecule has 0 aliphatic carbocycles. The van der Waals surface area contributed by atoms with Gasteiger partial charge in [0.2, 0.25) is 0 Å². The van der Waals surface area contributed by atoms with E-state index in [0.717, 1.165) is 37.7 Å². The molecule has 0 saturated carbocycles. The summed E-state index contributed by atoms with van der Waals surface area (Å²) in [6.45, 7) is 5.15. The monoisotopic (exact) mass is 351 g/mol. The highest BCUT2D eigenvalue weighted by Gasteiger charge is 2.22. The van der Waals surface area contributed by atoms with Crippen LogP contribution in [0.2, 0.25) is 0 Å². The first-order valence-electron chi connectivity index (χ1n) is 9.44. The Hall–Kier alpha value is -2.40. The van der Waals surface area contributed by atoms with E-state index in [2.05, 4.69) is 55.8 Å². The van der Waals surface area contributed by atoms with Crippen molar-refractivity contribution in [2.24, 2.45) is 10.9 Å². The van der Waals surface area contributed by atoms with Crippen LogP contribution in [-0.4, -0.2) is 49.1 Å². The lowest BCUT2D eigenvalue weighted by atomic mass is 10.1. The highest BCUT2D eigenvalue weighted by molar-refractivity contribution is 5.79. The molecule has 2 heterocycles. The largest absolute Gasteiger partial charge is 0.356 e. The van der Waals surface area contributed by atoms with Gasteiger partial charge in [-0.15, -0.1) is 0 Å². The fourth-order valence-corrected chi connectivity index (χ4v) is 3.35. The minimum absolute atomic E-state index is 0.680. The number of hydrogen-bond acceptors (Lipinski definition) is 3. The number of aromatic nitrogens is 1. The maximum Gasteiger partial charge on any atom is 0.191 e. The van der Waals surface area contributed by atoms with Gasteiger partial charge < -0.3 is 15.5 Å². The Balaban J connectivity index is 1.35. The van der Waals surface area contributed by atoms with Gasteiger partial charge in [-0.3, -0.25) is 9.98 Å². The number of nitrogens with one attached hydrogen (secondary N) is 2. The predicted octanol–water partition coefficient (Wildman–Crippen LogP) is 2.31. The molecule has 1 aromatic carbocycles. The molecule has 1 atom stereocenters. The van der Waals surface area contributed by atoms with Crippen LogP contribution in [0.4, 0.5) is 0 Å². The van der Waals surface area contributed by atoms with E-state index in [4.69, 9.17) is 0 Å². The van der Waals surface area contributed by atoms with E-state index in [9.17, 15) is 0 Å². The molecule has 0 spiro atoms. The van der Waals surface area contributed by atoms with Gasteiger partial charge in [0.1, 0.15) is 0 Å². The lowest BCUT2D eigenvalue weighted by molar-refractivity contribution is 0.328. The molecule has 3 rings (SSSR count). The molecule has 1 aromatic heterocycles. The SMILES string of the molecule is CN=C(NCc1ccccn1)NCC1CCN(CCc2ccccc2)C1. The molecule has 0 bridgehead atoms. The van der Waals surface area contributed by atoms with Crippen LogP contribution >= 0.6 is 0 Å². The first kappa shape index (κ1) is 18.4. The first-order valence-corrected chi connectivity index (χ1v) is 9.44. The first-order chi connectivity index (χ1) is 12.8. The molecule has 1 fully saturated rings. The zero-order valence-corrected chi connectivity index (χ0v) is 15.6. The number of nitrogens with zero attached hydrogens (tertiary/aromatic N) is 3. The molecule has 5 heteroatoms. The average molecular weight is 351 g/mol. The molecule has 1 aliphatic heterocycles. The molecule has 0 radical (unpaired) electrons. The van der Waals surface area contributed by atoms with Crippen molar-refractivity contribution in [2.45, 2.75) is 19.4 Å². The van der Waals surface area contributed by atoms with Crippen LogP contribution in [0.15, 0.2) is 59.7 Å². The quantitative estimate of drug-likeness (QED) is 0.594. The summed E-state index contributed by atoms with van der Waals surface area (Å²) >= 11 is 0. The van der Waals surface area contributed by atoms with Crippen molar-refractivity contribution in [1.82, 2.24) is 20.5 Å². The number of pyridine rings is 1. The molecule has 0 amide bonds. The van der Waals surface area contributed by atoms with Crippen molar-refractivity contribution in [1.29, 1.82) is 0 Å². The second-order valence-electron chi connectivity index (χ2n) is 6.82. The summed E-state index contributed by atoms with van der Waals surface area (Å²) in [5.74, 6) is 1.53. The Labute approximate surface area is 156 Å². The van der Waals surface area contributed by atoms with E-state index < -0.39 is 0 Å². The maximum absolute atomic E-state index is 4.33. The third kappa shape index (κ3) is 5.85.